The molecule has 1 atom stereocenters. The van der Waals surface area contributed by atoms with E-state index in [1.54, 1.807) is 48.7 Å². The molecule has 1 unspecified atom stereocenters. The second-order valence-electron chi connectivity index (χ2n) is 7.41. The minimum atomic E-state index is -0.410. The van der Waals surface area contributed by atoms with Crippen LogP contribution in [0.5, 0.6) is 0 Å². The summed E-state index contributed by atoms with van der Waals surface area (Å²) in [6, 6.07) is 7.56. The lowest BCUT2D eigenvalue weighted by Gasteiger charge is -2.12. The molecule has 0 saturated heterocycles. The van der Waals surface area contributed by atoms with Gasteiger partial charge < -0.3 is 9.47 Å². The van der Waals surface area contributed by atoms with E-state index < -0.39 is 5.97 Å². The van der Waals surface area contributed by atoms with E-state index >= 15 is 0 Å². The molecule has 0 radical (unpaired) electrons. The van der Waals surface area contributed by atoms with Crippen molar-refractivity contribution in [3.63, 3.8) is 0 Å². The summed E-state index contributed by atoms with van der Waals surface area (Å²) >= 11 is 0. The highest BCUT2D eigenvalue weighted by Gasteiger charge is 2.17. The van der Waals surface area contributed by atoms with Crippen LogP contribution in [0.3, 0.4) is 0 Å². The van der Waals surface area contributed by atoms with Gasteiger partial charge in [0.15, 0.2) is 0 Å². The molecule has 0 aliphatic rings. The number of ether oxygens (including phenoxy) is 2. The molecule has 0 fully saturated rings. The molecule has 31 heavy (non-hydrogen) atoms. The normalized spacial score (nSPS) is 12.4. The van der Waals surface area contributed by atoms with Gasteiger partial charge in [0.05, 0.1) is 47.6 Å². The van der Waals surface area contributed by atoms with Gasteiger partial charge in [-0.2, -0.15) is 0 Å². The van der Waals surface area contributed by atoms with E-state index in [4.69, 9.17) is 9.47 Å². The number of hydrogen-bond acceptors (Lipinski definition) is 6. The first kappa shape index (κ1) is 20.7. The average Bonchev–Trinajstić information content (AvgIpc) is 3.03. The highest BCUT2D eigenvalue weighted by atomic mass is 16.5. The standard InChI is InChI=1S/C23H24N4O4/c1-5-31-22(28)17-8-16(10-24-11-17)15-6-7-19-18(9-15)21-20(12-25-19)26(3)23(29)27(21)13-14(2)30-4/h6-12,14H,5,13H2,1-4H3. The number of benzene rings is 1. The smallest absolute Gasteiger partial charge is 0.339 e. The Balaban J connectivity index is 1.92. The zero-order chi connectivity index (χ0) is 22.1. The molecule has 0 spiro atoms. The summed E-state index contributed by atoms with van der Waals surface area (Å²) < 4.78 is 13.8. The van der Waals surface area contributed by atoms with Gasteiger partial charge >= 0.3 is 11.7 Å². The monoisotopic (exact) mass is 420 g/mol. The first-order chi connectivity index (χ1) is 14.9. The van der Waals surface area contributed by atoms with Crippen molar-refractivity contribution >= 4 is 27.9 Å². The fourth-order valence-corrected chi connectivity index (χ4v) is 3.68. The first-order valence-corrected chi connectivity index (χ1v) is 10.1. The molecule has 3 heterocycles. The number of carbonyl (C=O) groups excluding carboxylic acids is 1. The molecular weight excluding hydrogens is 396 g/mol. The Labute approximate surface area is 179 Å². The van der Waals surface area contributed by atoms with Crippen LogP contribution in [-0.4, -0.2) is 44.9 Å². The van der Waals surface area contributed by atoms with Crippen LogP contribution >= 0.6 is 0 Å². The molecular formula is C23H24N4O4. The molecule has 0 aliphatic heterocycles. The Morgan fingerprint density at radius 3 is 2.71 bits per heavy atom. The predicted octanol–water partition coefficient (Wildman–Crippen LogP) is 3.16. The molecule has 0 aliphatic carbocycles. The average molecular weight is 420 g/mol. The van der Waals surface area contributed by atoms with Gasteiger partial charge in [-0.3, -0.25) is 19.1 Å². The van der Waals surface area contributed by atoms with Crippen LogP contribution in [0, 0.1) is 0 Å². The lowest BCUT2D eigenvalue weighted by atomic mass is 10.0. The molecule has 0 bridgehead atoms. The quantitative estimate of drug-likeness (QED) is 0.445. The van der Waals surface area contributed by atoms with Crippen LogP contribution in [0.15, 0.2) is 47.7 Å². The number of aromatic nitrogens is 4. The molecule has 8 nitrogen and oxygen atoms in total. The van der Waals surface area contributed by atoms with Crippen molar-refractivity contribution in [1.82, 2.24) is 19.1 Å². The van der Waals surface area contributed by atoms with E-state index in [0.29, 0.717) is 18.7 Å². The summed E-state index contributed by atoms with van der Waals surface area (Å²) in [5.74, 6) is -0.410. The highest BCUT2D eigenvalue weighted by molar-refractivity contribution is 6.04. The fraction of sp³-hybridized carbons (Fsp3) is 0.304. The number of nitrogens with zero attached hydrogens (tertiary/aromatic N) is 4. The number of esters is 1. The maximum atomic E-state index is 12.9. The summed E-state index contributed by atoms with van der Waals surface area (Å²) in [4.78, 5) is 33.7. The fourth-order valence-electron chi connectivity index (χ4n) is 3.68. The van der Waals surface area contributed by atoms with Gasteiger partial charge in [-0.25, -0.2) is 9.59 Å². The van der Waals surface area contributed by atoms with E-state index in [1.807, 2.05) is 25.1 Å². The van der Waals surface area contributed by atoms with E-state index in [0.717, 1.165) is 33.1 Å². The Hall–Kier alpha value is -3.52. The summed E-state index contributed by atoms with van der Waals surface area (Å²) in [5.41, 5.74) is 4.23. The molecule has 4 aromatic rings. The van der Waals surface area contributed by atoms with Crippen LogP contribution in [0.4, 0.5) is 0 Å². The van der Waals surface area contributed by atoms with E-state index in [2.05, 4.69) is 9.97 Å². The summed E-state index contributed by atoms with van der Waals surface area (Å²) in [5, 5.41) is 0.845. The van der Waals surface area contributed by atoms with E-state index in [9.17, 15) is 9.59 Å². The van der Waals surface area contributed by atoms with Crippen LogP contribution in [0.25, 0.3) is 33.1 Å². The van der Waals surface area contributed by atoms with Gasteiger partial charge in [-0.15, -0.1) is 0 Å². The number of hydrogen-bond donors (Lipinski definition) is 0. The molecule has 0 N–H and O–H groups in total. The maximum Gasteiger partial charge on any atom is 0.339 e. The third-order valence-corrected chi connectivity index (χ3v) is 5.39. The number of pyridine rings is 2. The zero-order valence-corrected chi connectivity index (χ0v) is 18.0. The number of rotatable bonds is 6. The van der Waals surface area contributed by atoms with Crippen molar-refractivity contribution in [2.24, 2.45) is 7.05 Å². The van der Waals surface area contributed by atoms with Gasteiger partial charge in [0.2, 0.25) is 0 Å². The van der Waals surface area contributed by atoms with Gasteiger partial charge in [-0.05, 0) is 37.6 Å². The third kappa shape index (κ3) is 3.70. The van der Waals surface area contributed by atoms with Crippen molar-refractivity contribution < 1.29 is 14.3 Å². The van der Waals surface area contributed by atoms with Crippen molar-refractivity contribution in [1.29, 1.82) is 0 Å². The van der Waals surface area contributed by atoms with Gasteiger partial charge in [-0.1, -0.05) is 6.07 Å². The van der Waals surface area contributed by atoms with Gasteiger partial charge in [0.1, 0.15) is 0 Å². The molecule has 4 rings (SSSR count). The highest BCUT2D eigenvalue weighted by Crippen LogP contribution is 2.29. The summed E-state index contributed by atoms with van der Waals surface area (Å²) in [6.07, 6.45) is 4.78. The maximum absolute atomic E-state index is 12.9. The van der Waals surface area contributed by atoms with Crippen LogP contribution in [-0.2, 0) is 23.1 Å². The van der Waals surface area contributed by atoms with Crippen molar-refractivity contribution in [3.05, 3.63) is 58.9 Å². The number of aryl methyl sites for hydroxylation is 1. The third-order valence-electron chi connectivity index (χ3n) is 5.39. The second-order valence-corrected chi connectivity index (χ2v) is 7.41. The zero-order valence-electron chi connectivity index (χ0n) is 18.0. The molecule has 3 aromatic heterocycles. The van der Waals surface area contributed by atoms with Crippen molar-refractivity contribution in [2.45, 2.75) is 26.5 Å². The van der Waals surface area contributed by atoms with E-state index in [1.165, 1.54) is 6.20 Å². The molecule has 160 valence electrons. The van der Waals surface area contributed by atoms with Crippen molar-refractivity contribution in [2.75, 3.05) is 13.7 Å². The lowest BCUT2D eigenvalue weighted by molar-refractivity contribution is 0.0526. The summed E-state index contributed by atoms with van der Waals surface area (Å²) in [6.45, 7) is 4.41. The van der Waals surface area contributed by atoms with E-state index in [-0.39, 0.29) is 11.8 Å². The van der Waals surface area contributed by atoms with Crippen molar-refractivity contribution in [3.8, 4) is 11.1 Å². The van der Waals surface area contributed by atoms with Crippen LogP contribution < -0.4 is 5.69 Å². The molecule has 0 saturated carbocycles. The van der Waals surface area contributed by atoms with Gasteiger partial charge in [0, 0.05) is 37.5 Å². The molecule has 8 heteroatoms. The summed E-state index contributed by atoms with van der Waals surface area (Å²) in [7, 11) is 3.37. The molecule has 1 aromatic carbocycles. The second kappa shape index (κ2) is 8.31. The minimum absolute atomic E-state index is 0.121. The predicted molar refractivity (Wildman–Crippen MR) is 118 cm³/mol. The topological polar surface area (TPSA) is 88.2 Å². The lowest BCUT2D eigenvalue weighted by Crippen LogP contribution is -2.27. The Kier molecular flexibility index (Phi) is 5.56. The van der Waals surface area contributed by atoms with Crippen LogP contribution in [0.2, 0.25) is 0 Å². The van der Waals surface area contributed by atoms with Gasteiger partial charge in [0.25, 0.3) is 0 Å². The minimum Gasteiger partial charge on any atom is -0.462 e. The number of imidazole rings is 1. The number of fused-ring (bicyclic) bond motifs is 3. The first-order valence-electron chi connectivity index (χ1n) is 10.1. The number of carbonyl (C=O) groups is 1. The Morgan fingerprint density at radius 1 is 1.16 bits per heavy atom. The van der Waals surface area contributed by atoms with Crippen LogP contribution in [0.1, 0.15) is 24.2 Å². The molecule has 0 amide bonds. The Morgan fingerprint density at radius 2 is 1.97 bits per heavy atom. The largest absolute Gasteiger partial charge is 0.462 e. The SMILES string of the molecule is CCOC(=O)c1cncc(-c2ccc3ncc4c(c3c2)n(CC(C)OC)c(=O)n4C)c1. The Bertz CT molecular complexity index is 1340. The number of methoxy groups -OCH3 is 1.